The highest BCUT2D eigenvalue weighted by atomic mass is 16.5. The molecule has 1 aliphatic heterocycles. The summed E-state index contributed by atoms with van der Waals surface area (Å²) in [5.74, 6) is 1.32. The molecule has 4 rings (SSSR count). The maximum Gasteiger partial charge on any atom is 0.255 e. The molecule has 0 unspecified atom stereocenters. The second-order valence-electron chi connectivity index (χ2n) is 6.74. The number of likely N-dealkylation sites (tertiary alicyclic amines) is 1. The van der Waals surface area contributed by atoms with Crippen LogP contribution in [0, 0.1) is 5.92 Å². The minimum atomic E-state index is 0.0302. The SMILES string of the molecule is Cn1cc([C@H]2CCCN2C(=O)c2ccc(OCC3CC3)nc2)cn1. The molecule has 1 aliphatic carbocycles. The third-order valence-corrected chi connectivity index (χ3v) is 4.77. The lowest BCUT2D eigenvalue weighted by Crippen LogP contribution is -2.30. The van der Waals surface area contributed by atoms with Crippen molar-refractivity contribution >= 4 is 5.91 Å². The molecule has 2 aromatic heterocycles. The van der Waals surface area contributed by atoms with E-state index in [-0.39, 0.29) is 11.9 Å². The van der Waals surface area contributed by atoms with E-state index in [0.29, 0.717) is 17.4 Å². The number of rotatable bonds is 5. The molecule has 0 N–H and O–H groups in total. The lowest BCUT2D eigenvalue weighted by molar-refractivity contribution is 0.0735. The summed E-state index contributed by atoms with van der Waals surface area (Å²) in [7, 11) is 1.90. The quantitative estimate of drug-likeness (QED) is 0.847. The molecule has 1 amide bonds. The number of hydrogen-bond donors (Lipinski definition) is 0. The Hall–Kier alpha value is -2.37. The van der Waals surface area contributed by atoms with Crippen molar-refractivity contribution in [3.8, 4) is 5.88 Å². The highest BCUT2D eigenvalue weighted by Gasteiger charge is 2.31. The second kappa shape index (κ2) is 6.26. The summed E-state index contributed by atoms with van der Waals surface area (Å²) in [4.78, 5) is 19.1. The molecule has 24 heavy (non-hydrogen) atoms. The predicted octanol–water partition coefficient (Wildman–Crippen LogP) is 2.58. The van der Waals surface area contributed by atoms with Crippen molar-refractivity contribution in [2.45, 2.75) is 31.7 Å². The van der Waals surface area contributed by atoms with Crippen LogP contribution in [-0.4, -0.2) is 38.7 Å². The van der Waals surface area contributed by atoms with Crippen molar-refractivity contribution in [2.75, 3.05) is 13.2 Å². The first kappa shape index (κ1) is 15.2. The zero-order valence-corrected chi connectivity index (χ0v) is 13.9. The van der Waals surface area contributed by atoms with Crippen molar-refractivity contribution in [1.29, 1.82) is 0 Å². The Morgan fingerprint density at radius 3 is 2.83 bits per heavy atom. The summed E-state index contributed by atoms with van der Waals surface area (Å²) in [6.45, 7) is 1.51. The molecule has 1 saturated carbocycles. The monoisotopic (exact) mass is 326 g/mol. The molecule has 2 aromatic rings. The molecule has 0 aromatic carbocycles. The van der Waals surface area contributed by atoms with Crippen molar-refractivity contribution in [3.05, 3.63) is 41.9 Å². The molecule has 0 spiro atoms. The predicted molar refractivity (Wildman–Crippen MR) is 88.7 cm³/mol. The minimum Gasteiger partial charge on any atom is -0.477 e. The molecule has 3 heterocycles. The zero-order chi connectivity index (χ0) is 16.5. The summed E-state index contributed by atoms with van der Waals surface area (Å²) in [5.41, 5.74) is 1.71. The molecule has 1 atom stereocenters. The van der Waals surface area contributed by atoms with Gasteiger partial charge in [-0.25, -0.2) is 4.98 Å². The topological polar surface area (TPSA) is 60.2 Å². The Morgan fingerprint density at radius 1 is 1.29 bits per heavy atom. The number of carbonyl (C=O) groups excluding carboxylic acids is 1. The van der Waals surface area contributed by atoms with Crippen LogP contribution in [0.15, 0.2) is 30.7 Å². The van der Waals surface area contributed by atoms with Crippen molar-refractivity contribution < 1.29 is 9.53 Å². The normalized spacial score (nSPS) is 20.4. The van der Waals surface area contributed by atoms with E-state index in [0.717, 1.165) is 31.6 Å². The van der Waals surface area contributed by atoms with Gasteiger partial charge in [0, 0.05) is 37.6 Å². The number of pyridine rings is 1. The lowest BCUT2D eigenvalue weighted by Gasteiger charge is -2.23. The van der Waals surface area contributed by atoms with Gasteiger partial charge in [0.1, 0.15) is 0 Å². The first-order valence-corrected chi connectivity index (χ1v) is 8.59. The third-order valence-electron chi connectivity index (χ3n) is 4.77. The highest BCUT2D eigenvalue weighted by molar-refractivity contribution is 5.94. The van der Waals surface area contributed by atoms with Crippen LogP contribution in [0.2, 0.25) is 0 Å². The van der Waals surface area contributed by atoms with Gasteiger partial charge >= 0.3 is 0 Å². The van der Waals surface area contributed by atoms with E-state index < -0.39 is 0 Å². The fourth-order valence-electron chi connectivity index (χ4n) is 3.21. The van der Waals surface area contributed by atoms with Crippen LogP contribution in [0.1, 0.15) is 47.6 Å². The Bertz CT molecular complexity index is 721. The van der Waals surface area contributed by atoms with Gasteiger partial charge in [0.15, 0.2) is 0 Å². The summed E-state index contributed by atoms with van der Waals surface area (Å²) in [6.07, 6.45) is 9.97. The van der Waals surface area contributed by atoms with Gasteiger partial charge in [0.25, 0.3) is 5.91 Å². The van der Waals surface area contributed by atoms with E-state index >= 15 is 0 Å². The number of carbonyl (C=O) groups is 1. The van der Waals surface area contributed by atoms with E-state index in [1.165, 1.54) is 12.8 Å². The van der Waals surface area contributed by atoms with E-state index in [2.05, 4.69) is 10.1 Å². The van der Waals surface area contributed by atoms with E-state index in [9.17, 15) is 4.79 Å². The maximum atomic E-state index is 12.8. The first-order chi connectivity index (χ1) is 11.7. The Morgan fingerprint density at radius 2 is 2.17 bits per heavy atom. The average molecular weight is 326 g/mol. The van der Waals surface area contributed by atoms with Gasteiger partial charge in [-0.05, 0) is 37.7 Å². The fraction of sp³-hybridized carbons (Fsp3) is 0.500. The van der Waals surface area contributed by atoms with Crippen LogP contribution >= 0.6 is 0 Å². The second-order valence-corrected chi connectivity index (χ2v) is 6.74. The van der Waals surface area contributed by atoms with Crippen LogP contribution in [0.3, 0.4) is 0 Å². The van der Waals surface area contributed by atoms with Crippen LogP contribution in [-0.2, 0) is 7.05 Å². The number of nitrogens with zero attached hydrogens (tertiary/aromatic N) is 4. The van der Waals surface area contributed by atoms with E-state index in [1.54, 1.807) is 16.9 Å². The van der Waals surface area contributed by atoms with Gasteiger partial charge in [-0.1, -0.05) is 0 Å². The molecule has 6 nitrogen and oxygen atoms in total. The molecular weight excluding hydrogens is 304 g/mol. The molecule has 6 heteroatoms. The molecule has 0 bridgehead atoms. The fourth-order valence-corrected chi connectivity index (χ4v) is 3.21. The van der Waals surface area contributed by atoms with Crippen LogP contribution < -0.4 is 4.74 Å². The number of ether oxygens (including phenoxy) is 1. The molecule has 1 saturated heterocycles. The van der Waals surface area contributed by atoms with Crippen molar-refractivity contribution in [1.82, 2.24) is 19.7 Å². The van der Waals surface area contributed by atoms with Gasteiger partial charge in [0.2, 0.25) is 5.88 Å². The van der Waals surface area contributed by atoms with Crippen LogP contribution in [0.4, 0.5) is 0 Å². The van der Waals surface area contributed by atoms with E-state index in [4.69, 9.17) is 4.74 Å². The minimum absolute atomic E-state index is 0.0302. The van der Waals surface area contributed by atoms with E-state index in [1.807, 2.05) is 30.4 Å². The Kier molecular flexibility index (Phi) is 3.96. The van der Waals surface area contributed by atoms with Gasteiger partial charge in [0.05, 0.1) is 24.4 Å². The molecule has 0 radical (unpaired) electrons. The number of hydrogen-bond acceptors (Lipinski definition) is 4. The van der Waals surface area contributed by atoms with Gasteiger partial charge in [-0.15, -0.1) is 0 Å². The van der Waals surface area contributed by atoms with Crippen molar-refractivity contribution in [3.63, 3.8) is 0 Å². The third kappa shape index (κ3) is 3.13. The maximum absolute atomic E-state index is 12.8. The number of amides is 1. The van der Waals surface area contributed by atoms with Crippen molar-refractivity contribution in [2.24, 2.45) is 13.0 Å². The van der Waals surface area contributed by atoms with Gasteiger partial charge in [-0.3, -0.25) is 9.48 Å². The van der Waals surface area contributed by atoms with Gasteiger partial charge in [-0.2, -0.15) is 5.10 Å². The van der Waals surface area contributed by atoms with Crippen LogP contribution in [0.25, 0.3) is 0 Å². The molecular formula is C18H22N4O2. The summed E-state index contributed by atoms with van der Waals surface area (Å²) >= 11 is 0. The zero-order valence-electron chi connectivity index (χ0n) is 13.9. The van der Waals surface area contributed by atoms with Gasteiger partial charge < -0.3 is 9.64 Å². The summed E-state index contributed by atoms with van der Waals surface area (Å²) in [5, 5.41) is 4.23. The van der Waals surface area contributed by atoms with Crippen LogP contribution in [0.5, 0.6) is 5.88 Å². The number of aromatic nitrogens is 3. The first-order valence-electron chi connectivity index (χ1n) is 8.59. The standard InChI is InChI=1S/C18H22N4O2/c1-21-11-15(10-20-21)16-3-2-8-22(16)18(23)14-6-7-17(19-9-14)24-12-13-4-5-13/h6-7,9-11,13,16H,2-5,8,12H2,1H3/t16-/m1/s1. The summed E-state index contributed by atoms with van der Waals surface area (Å²) in [6, 6.07) is 3.72. The molecule has 2 aliphatic rings. The molecule has 2 fully saturated rings. The Balaban J connectivity index is 1.45. The lowest BCUT2D eigenvalue weighted by atomic mass is 10.1. The highest BCUT2D eigenvalue weighted by Crippen LogP contribution is 2.33. The summed E-state index contributed by atoms with van der Waals surface area (Å²) < 4.78 is 7.42. The largest absolute Gasteiger partial charge is 0.477 e. The smallest absolute Gasteiger partial charge is 0.255 e. The average Bonchev–Trinajstić information content (AvgIpc) is 3.12. The Labute approximate surface area is 141 Å². The number of aryl methyl sites for hydroxylation is 1. The molecule has 126 valence electrons.